The topological polar surface area (TPSA) is 66.5 Å². The van der Waals surface area contributed by atoms with Gasteiger partial charge in [-0.1, -0.05) is 19.9 Å². The summed E-state index contributed by atoms with van der Waals surface area (Å²) >= 11 is 0. The van der Waals surface area contributed by atoms with E-state index in [1.165, 1.54) is 0 Å². The summed E-state index contributed by atoms with van der Waals surface area (Å²) in [5.41, 5.74) is 1.53. The van der Waals surface area contributed by atoms with Crippen molar-refractivity contribution in [2.45, 2.75) is 66.3 Å². The molecule has 5 heteroatoms. The minimum absolute atomic E-state index is 0.0256. The van der Waals surface area contributed by atoms with Crippen LogP contribution in [0.3, 0.4) is 0 Å². The predicted octanol–water partition coefficient (Wildman–Crippen LogP) is 2.93. The molecule has 25 heavy (non-hydrogen) atoms. The third kappa shape index (κ3) is 3.84. The van der Waals surface area contributed by atoms with Crippen LogP contribution in [-0.4, -0.2) is 28.7 Å². The number of allylic oxidation sites excluding steroid dienone is 2. The molecule has 0 aromatic carbocycles. The van der Waals surface area contributed by atoms with Gasteiger partial charge in [0, 0.05) is 12.1 Å². The van der Waals surface area contributed by atoms with Gasteiger partial charge in [-0.15, -0.1) is 12.3 Å². The number of hydrogen-bond donors (Lipinski definition) is 1. The highest BCUT2D eigenvalue weighted by atomic mass is 16.2. The van der Waals surface area contributed by atoms with Crippen LogP contribution in [0.15, 0.2) is 23.4 Å². The Labute approximate surface area is 150 Å². The molecule has 0 aromatic rings. The Morgan fingerprint density at radius 3 is 2.28 bits per heavy atom. The highest BCUT2D eigenvalue weighted by Crippen LogP contribution is 2.59. The Balaban J connectivity index is 0.000000567. The Bertz CT molecular complexity index is 648. The van der Waals surface area contributed by atoms with E-state index in [1.54, 1.807) is 11.8 Å². The Morgan fingerprint density at radius 1 is 1.28 bits per heavy atom. The molecule has 1 N–H and O–H groups in total. The summed E-state index contributed by atoms with van der Waals surface area (Å²) in [6.07, 6.45) is 10.8. The lowest BCUT2D eigenvalue weighted by Crippen LogP contribution is -2.53. The maximum absolute atomic E-state index is 12.7. The molecule has 3 rings (SSSR count). The molecule has 0 aromatic heterocycles. The van der Waals surface area contributed by atoms with Crippen molar-refractivity contribution in [3.63, 3.8) is 0 Å². The van der Waals surface area contributed by atoms with Gasteiger partial charge in [-0.25, -0.2) is 0 Å². The van der Waals surface area contributed by atoms with Crippen LogP contribution in [0.1, 0.15) is 60.3 Å². The first-order valence-corrected chi connectivity index (χ1v) is 8.81. The summed E-state index contributed by atoms with van der Waals surface area (Å²) in [5.74, 6) is 1.66. The standard InChI is InChI=1S/C15H18N2O3.C3H4.C2H6/c1-3-4-10-9(2)15(7-8-15)14(20)17(10)11-5-6-12(18)16-13(11)19;1-3-2;1-2/h3-4,11H,5-8H2,1-2H3,(H,16,18,19);1H,2H3;1-2H3/b4-3-;;. The normalized spacial score (nSPS) is 23.6. The maximum Gasteiger partial charge on any atom is 0.249 e. The molecule has 0 bridgehead atoms. The summed E-state index contributed by atoms with van der Waals surface area (Å²) in [6.45, 7) is 9.53. The van der Waals surface area contributed by atoms with Crippen LogP contribution < -0.4 is 5.32 Å². The summed E-state index contributed by atoms with van der Waals surface area (Å²) in [5, 5.41) is 2.33. The zero-order valence-corrected chi connectivity index (χ0v) is 15.8. The van der Waals surface area contributed by atoms with Crippen LogP contribution in [0.5, 0.6) is 0 Å². The van der Waals surface area contributed by atoms with E-state index in [9.17, 15) is 14.4 Å². The van der Waals surface area contributed by atoms with Crippen molar-refractivity contribution >= 4 is 17.7 Å². The van der Waals surface area contributed by atoms with E-state index in [4.69, 9.17) is 0 Å². The van der Waals surface area contributed by atoms with E-state index in [0.717, 1.165) is 24.1 Å². The summed E-state index contributed by atoms with van der Waals surface area (Å²) in [7, 11) is 0. The smallest absolute Gasteiger partial charge is 0.249 e. The predicted molar refractivity (Wildman–Crippen MR) is 98.1 cm³/mol. The minimum atomic E-state index is -0.554. The molecular formula is C20H28N2O3. The van der Waals surface area contributed by atoms with Gasteiger partial charge in [0.15, 0.2) is 0 Å². The minimum Gasteiger partial charge on any atom is -0.299 e. The number of rotatable bonds is 2. The highest BCUT2D eigenvalue weighted by molar-refractivity contribution is 6.04. The van der Waals surface area contributed by atoms with Gasteiger partial charge in [0.25, 0.3) is 0 Å². The number of nitrogens with one attached hydrogen (secondary N) is 1. The molecule has 1 saturated heterocycles. The molecule has 2 fully saturated rings. The van der Waals surface area contributed by atoms with Gasteiger partial charge in [-0.05, 0) is 51.7 Å². The number of piperidine rings is 1. The number of carbonyl (C=O) groups is 3. The lowest BCUT2D eigenvalue weighted by atomic mass is 9.98. The van der Waals surface area contributed by atoms with E-state index in [2.05, 4.69) is 17.7 Å². The second kappa shape index (κ2) is 8.66. The SMILES string of the molecule is C#CC.C/C=C\C1=C(C)C2(CC2)C(=O)N1C1CCC(=O)NC1=O.CC. The summed E-state index contributed by atoms with van der Waals surface area (Å²) in [4.78, 5) is 37.6. The average Bonchev–Trinajstić information content (AvgIpc) is 3.36. The molecule has 1 saturated carbocycles. The first kappa shape index (κ1) is 20.7. The van der Waals surface area contributed by atoms with Gasteiger partial charge >= 0.3 is 0 Å². The zero-order valence-electron chi connectivity index (χ0n) is 15.8. The number of terminal acetylenes is 1. The molecule has 1 unspecified atom stereocenters. The van der Waals surface area contributed by atoms with Gasteiger partial charge < -0.3 is 0 Å². The van der Waals surface area contributed by atoms with E-state index < -0.39 is 6.04 Å². The average molecular weight is 344 g/mol. The second-order valence-corrected chi connectivity index (χ2v) is 6.02. The maximum atomic E-state index is 12.7. The molecule has 3 amide bonds. The monoisotopic (exact) mass is 344 g/mol. The number of hydrogen-bond acceptors (Lipinski definition) is 3. The molecule has 2 aliphatic heterocycles. The van der Waals surface area contributed by atoms with Crippen molar-refractivity contribution in [3.05, 3.63) is 23.4 Å². The van der Waals surface area contributed by atoms with Gasteiger partial charge in [-0.3, -0.25) is 24.6 Å². The fourth-order valence-corrected chi connectivity index (χ4v) is 3.24. The quantitative estimate of drug-likeness (QED) is 0.619. The second-order valence-electron chi connectivity index (χ2n) is 6.02. The van der Waals surface area contributed by atoms with Crippen molar-refractivity contribution < 1.29 is 14.4 Å². The number of amides is 3. The van der Waals surface area contributed by atoms with Crippen molar-refractivity contribution in [1.29, 1.82) is 0 Å². The molecule has 2 heterocycles. The lowest BCUT2D eigenvalue weighted by Gasteiger charge is -2.31. The molecule has 1 aliphatic carbocycles. The van der Waals surface area contributed by atoms with Crippen LogP contribution in [0.2, 0.25) is 0 Å². The molecule has 3 aliphatic rings. The van der Waals surface area contributed by atoms with E-state index in [-0.39, 0.29) is 29.6 Å². The van der Waals surface area contributed by atoms with E-state index in [1.807, 2.05) is 39.8 Å². The molecule has 136 valence electrons. The van der Waals surface area contributed by atoms with Crippen LogP contribution in [0.4, 0.5) is 0 Å². The van der Waals surface area contributed by atoms with Crippen LogP contribution in [-0.2, 0) is 14.4 Å². The third-order valence-electron chi connectivity index (χ3n) is 4.59. The first-order chi connectivity index (χ1) is 11.9. The van der Waals surface area contributed by atoms with E-state index in [0.29, 0.717) is 6.42 Å². The molecular weight excluding hydrogens is 316 g/mol. The third-order valence-corrected chi connectivity index (χ3v) is 4.59. The van der Waals surface area contributed by atoms with Crippen molar-refractivity contribution in [3.8, 4) is 12.3 Å². The van der Waals surface area contributed by atoms with Crippen molar-refractivity contribution in [2.75, 3.05) is 0 Å². The van der Waals surface area contributed by atoms with Crippen molar-refractivity contribution in [1.82, 2.24) is 10.2 Å². The number of carbonyl (C=O) groups excluding carboxylic acids is 3. The Hall–Kier alpha value is -2.35. The Kier molecular flexibility index (Phi) is 7.17. The number of imide groups is 1. The Morgan fingerprint density at radius 2 is 1.84 bits per heavy atom. The van der Waals surface area contributed by atoms with Crippen LogP contribution in [0.25, 0.3) is 0 Å². The van der Waals surface area contributed by atoms with Gasteiger partial charge in [0.05, 0.1) is 5.41 Å². The van der Waals surface area contributed by atoms with Gasteiger partial charge in [-0.2, -0.15) is 0 Å². The summed E-state index contributed by atoms with van der Waals surface area (Å²) < 4.78 is 0. The molecule has 1 spiro atoms. The fourth-order valence-electron chi connectivity index (χ4n) is 3.24. The van der Waals surface area contributed by atoms with Gasteiger partial charge in [0.2, 0.25) is 17.7 Å². The lowest BCUT2D eigenvalue weighted by molar-refractivity contribution is -0.144. The first-order valence-electron chi connectivity index (χ1n) is 8.81. The molecule has 5 nitrogen and oxygen atoms in total. The molecule has 0 radical (unpaired) electrons. The largest absolute Gasteiger partial charge is 0.299 e. The van der Waals surface area contributed by atoms with Crippen molar-refractivity contribution in [2.24, 2.45) is 5.41 Å². The van der Waals surface area contributed by atoms with Crippen LogP contribution in [0, 0.1) is 17.8 Å². The molecule has 1 atom stereocenters. The highest BCUT2D eigenvalue weighted by Gasteiger charge is 2.60. The fraction of sp³-hybridized carbons (Fsp3) is 0.550. The summed E-state index contributed by atoms with van der Waals surface area (Å²) in [6, 6.07) is -0.554. The number of nitrogens with zero attached hydrogens (tertiary/aromatic N) is 1. The van der Waals surface area contributed by atoms with Gasteiger partial charge in [0.1, 0.15) is 6.04 Å². The van der Waals surface area contributed by atoms with E-state index >= 15 is 0 Å². The van der Waals surface area contributed by atoms with Crippen LogP contribution >= 0.6 is 0 Å². The zero-order chi connectivity index (χ0) is 19.2.